The van der Waals surface area contributed by atoms with Crippen molar-refractivity contribution in [2.24, 2.45) is 0 Å². The van der Waals surface area contributed by atoms with Crippen LogP contribution in [0.25, 0.3) is 0 Å². The normalized spacial score (nSPS) is 10.4. The van der Waals surface area contributed by atoms with Gasteiger partial charge in [0, 0.05) is 21.1 Å². The maximum Gasteiger partial charge on any atom is 0.255 e. The molecule has 4 heteroatoms. The molecular weight excluding hydrogens is 441 g/mol. The van der Waals surface area contributed by atoms with Crippen LogP contribution < -0.4 is 0 Å². The van der Waals surface area contributed by atoms with Gasteiger partial charge in [-0.15, -0.1) is 0 Å². The predicted octanol–water partition coefficient (Wildman–Crippen LogP) is 4.76. The Morgan fingerprint density at radius 2 is 1.90 bits per heavy atom. The summed E-state index contributed by atoms with van der Waals surface area (Å²) >= 11 is 5.70. The van der Waals surface area contributed by atoms with Gasteiger partial charge < -0.3 is 4.90 Å². The molecule has 0 aliphatic heterocycles. The lowest BCUT2D eigenvalue weighted by molar-refractivity contribution is 0.0765. The van der Waals surface area contributed by atoms with E-state index in [4.69, 9.17) is 0 Å². The highest BCUT2D eigenvalue weighted by molar-refractivity contribution is 14.1. The van der Waals surface area contributed by atoms with E-state index in [1.807, 2.05) is 48.2 Å². The number of benzene rings is 2. The highest BCUT2D eigenvalue weighted by atomic mass is 127. The molecule has 1 amide bonds. The van der Waals surface area contributed by atoms with Crippen molar-refractivity contribution in [1.82, 2.24) is 4.90 Å². The molecule has 2 aromatic carbocycles. The highest BCUT2D eigenvalue weighted by Crippen LogP contribution is 2.21. The van der Waals surface area contributed by atoms with Crippen molar-refractivity contribution in [2.45, 2.75) is 13.3 Å². The molecule has 0 spiro atoms. The zero-order valence-electron chi connectivity index (χ0n) is 11.9. The molecule has 0 radical (unpaired) electrons. The molecule has 21 heavy (non-hydrogen) atoms. The van der Waals surface area contributed by atoms with Gasteiger partial charge in [-0.25, -0.2) is 0 Å². The van der Waals surface area contributed by atoms with Gasteiger partial charge in [-0.2, -0.15) is 0 Å². The van der Waals surface area contributed by atoms with Crippen molar-refractivity contribution in [3.8, 4) is 0 Å². The Morgan fingerprint density at radius 3 is 2.57 bits per heavy atom. The molecule has 2 aromatic rings. The summed E-state index contributed by atoms with van der Waals surface area (Å²) in [5.74, 6) is 0.0822. The number of hydrogen-bond donors (Lipinski definition) is 0. The Kier molecular flexibility index (Phi) is 6.23. The van der Waals surface area contributed by atoms with Crippen LogP contribution in [0.2, 0.25) is 0 Å². The SMILES string of the molecule is CCN(CCc1ccccc1)C(=O)c1cc(I)ccc1Br. The zero-order chi connectivity index (χ0) is 15.2. The van der Waals surface area contributed by atoms with E-state index in [1.54, 1.807) is 0 Å². The van der Waals surface area contributed by atoms with E-state index >= 15 is 0 Å². The third kappa shape index (κ3) is 4.54. The van der Waals surface area contributed by atoms with E-state index in [0.29, 0.717) is 6.54 Å². The first kappa shape index (κ1) is 16.5. The van der Waals surface area contributed by atoms with E-state index in [1.165, 1.54) is 5.56 Å². The maximum atomic E-state index is 12.7. The van der Waals surface area contributed by atoms with Gasteiger partial charge in [0.1, 0.15) is 0 Å². The molecule has 0 saturated carbocycles. The summed E-state index contributed by atoms with van der Waals surface area (Å²) in [4.78, 5) is 14.6. The van der Waals surface area contributed by atoms with Crippen LogP contribution in [0.5, 0.6) is 0 Å². The summed E-state index contributed by atoms with van der Waals surface area (Å²) in [6, 6.07) is 16.1. The van der Waals surface area contributed by atoms with Crippen LogP contribution in [-0.2, 0) is 6.42 Å². The molecule has 2 nitrogen and oxygen atoms in total. The Bertz CT molecular complexity index is 615. The van der Waals surface area contributed by atoms with Crippen LogP contribution >= 0.6 is 38.5 Å². The molecule has 0 atom stereocenters. The molecule has 2 rings (SSSR count). The number of amides is 1. The third-order valence-electron chi connectivity index (χ3n) is 3.34. The lowest BCUT2D eigenvalue weighted by Crippen LogP contribution is -2.33. The van der Waals surface area contributed by atoms with Gasteiger partial charge in [0.15, 0.2) is 0 Å². The fraction of sp³-hybridized carbons (Fsp3) is 0.235. The van der Waals surface area contributed by atoms with Crippen LogP contribution in [0.1, 0.15) is 22.8 Å². The van der Waals surface area contributed by atoms with Gasteiger partial charge in [-0.1, -0.05) is 30.3 Å². The van der Waals surface area contributed by atoms with Gasteiger partial charge in [0.05, 0.1) is 5.56 Å². The average Bonchev–Trinajstić information content (AvgIpc) is 2.51. The number of rotatable bonds is 5. The Balaban J connectivity index is 2.10. The average molecular weight is 458 g/mol. The number of halogens is 2. The quantitative estimate of drug-likeness (QED) is 0.593. The number of carbonyl (C=O) groups is 1. The summed E-state index contributed by atoms with van der Waals surface area (Å²) in [6.45, 7) is 3.46. The fourth-order valence-corrected chi connectivity index (χ4v) is 3.05. The van der Waals surface area contributed by atoms with Crippen molar-refractivity contribution in [2.75, 3.05) is 13.1 Å². The van der Waals surface area contributed by atoms with Crippen molar-refractivity contribution in [1.29, 1.82) is 0 Å². The minimum atomic E-state index is 0.0822. The van der Waals surface area contributed by atoms with Crippen LogP contribution in [0.3, 0.4) is 0 Å². The number of hydrogen-bond acceptors (Lipinski definition) is 1. The van der Waals surface area contributed by atoms with Crippen LogP contribution in [0, 0.1) is 3.57 Å². The Hall–Kier alpha value is -0.880. The van der Waals surface area contributed by atoms with Gasteiger partial charge in [0.25, 0.3) is 5.91 Å². The topological polar surface area (TPSA) is 20.3 Å². The van der Waals surface area contributed by atoms with Crippen LogP contribution in [0.4, 0.5) is 0 Å². The first-order valence-electron chi connectivity index (χ1n) is 6.90. The van der Waals surface area contributed by atoms with Gasteiger partial charge in [0.2, 0.25) is 0 Å². The molecule has 0 fully saturated rings. The molecule has 0 aliphatic rings. The fourth-order valence-electron chi connectivity index (χ4n) is 2.14. The second kappa shape index (κ2) is 7.94. The zero-order valence-corrected chi connectivity index (χ0v) is 15.6. The van der Waals surface area contributed by atoms with E-state index < -0.39 is 0 Å². The van der Waals surface area contributed by atoms with Gasteiger partial charge in [-0.05, 0) is 75.6 Å². The van der Waals surface area contributed by atoms with E-state index in [0.717, 1.165) is 26.6 Å². The van der Waals surface area contributed by atoms with Gasteiger partial charge in [-0.3, -0.25) is 4.79 Å². The minimum absolute atomic E-state index is 0.0822. The van der Waals surface area contributed by atoms with E-state index in [-0.39, 0.29) is 5.91 Å². The summed E-state index contributed by atoms with van der Waals surface area (Å²) in [5.41, 5.74) is 1.99. The monoisotopic (exact) mass is 457 g/mol. The predicted molar refractivity (Wildman–Crippen MR) is 98.6 cm³/mol. The van der Waals surface area contributed by atoms with Crippen molar-refractivity contribution >= 4 is 44.4 Å². The number of likely N-dealkylation sites (N-methyl/N-ethyl adjacent to an activating group) is 1. The molecular formula is C17H17BrINO. The molecule has 0 aliphatic carbocycles. The van der Waals surface area contributed by atoms with Crippen molar-refractivity contribution in [3.05, 3.63) is 67.7 Å². The second-order valence-corrected chi connectivity index (χ2v) is 6.84. The molecule has 110 valence electrons. The standard InChI is InChI=1S/C17H17BrINO/c1-2-20(11-10-13-6-4-3-5-7-13)17(21)15-12-14(19)8-9-16(15)18/h3-9,12H,2,10-11H2,1H3. The summed E-state index contributed by atoms with van der Waals surface area (Å²) in [6.07, 6.45) is 0.877. The molecule has 0 saturated heterocycles. The first-order valence-corrected chi connectivity index (χ1v) is 8.77. The molecule has 0 aromatic heterocycles. The number of nitrogens with zero attached hydrogens (tertiary/aromatic N) is 1. The van der Waals surface area contributed by atoms with Crippen LogP contribution in [-0.4, -0.2) is 23.9 Å². The third-order valence-corrected chi connectivity index (χ3v) is 4.70. The Morgan fingerprint density at radius 1 is 1.19 bits per heavy atom. The summed E-state index contributed by atoms with van der Waals surface area (Å²) < 4.78 is 1.92. The molecule has 0 bridgehead atoms. The van der Waals surface area contributed by atoms with Crippen molar-refractivity contribution in [3.63, 3.8) is 0 Å². The first-order chi connectivity index (χ1) is 10.1. The molecule has 0 unspecified atom stereocenters. The lowest BCUT2D eigenvalue weighted by Gasteiger charge is -2.21. The Labute approximate surface area is 147 Å². The van der Waals surface area contributed by atoms with Gasteiger partial charge >= 0.3 is 0 Å². The second-order valence-electron chi connectivity index (χ2n) is 4.74. The molecule has 0 heterocycles. The van der Waals surface area contributed by atoms with Crippen molar-refractivity contribution < 1.29 is 4.79 Å². The largest absolute Gasteiger partial charge is 0.339 e. The smallest absolute Gasteiger partial charge is 0.255 e. The summed E-state index contributed by atoms with van der Waals surface area (Å²) in [7, 11) is 0. The maximum absolute atomic E-state index is 12.7. The van der Waals surface area contributed by atoms with Crippen LogP contribution in [0.15, 0.2) is 53.0 Å². The van der Waals surface area contributed by atoms with E-state index in [2.05, 4.69) is 50.7 Å². The highest BCUT2D eigenvalue weighted by Gasteiger charge is 2.17. The number of carbonyl (C=O) groups excluding carboxylic acids is 1. The molecule has 0 N–H and O–H groups in total. The summed E-state index contributed by atoms with van der Waals surface area (Å²) in [5, 5.41) is 0. The van der Waals surface area contributed by atoms with E-state index in [9.17, 15) is 4.79 Å². The minimum Gasteiger partial charge on any atom is -0.339 e. The lowest BCUT2D eigenvalue weighted by atomic mass is 10.1.